The Morgan fingerprint density at radius 1 is 1.00 bits per heavy atom. The molecule has 6 heteroatoms. The smallest absolute Gasteiger partial charge is 0.345 e. The third-order valence-corrected chi connectivity index (χ3v) is 2.73. The monoisotopic (exact) mass is 308 g/mol. The maximum absolute atomic E-state index is 11.9. The first-order valence-corrected chi connectivity index (χ1v) is 6.85. The number of carbonyl (C=O) groups is 2. The lowest BCUT2D eigenvalue weighted by molar-refractivity contribution is -0.146. The first-order valence-electron chi connectivity index (χ1n) is 6.85. The van der Waals surface area contributed by atoms with Crippen molar-refractivity contribution >= 4 is 18.0 Å². The highest BCUT2D eigenvalue weighted by Crippen LogP contribution is 2.27. The van der Waals surface area contributed by atoms with Crippen molar-refractivity contribution in [2.75, 3.05) is 27.4 Å². The van der Waals surface area contributed by atoms with Crippen molar-refractivity contribution in [3.05, 3.63) is 29.3 Å². The lowest BCUT2D eigenvalue weighted by Crippen LogP contribution is -2.18. The lowest BCUT2D eigenvalue weighted by Gasteiger charge is -2.10. The summed E-state index contributed by atoms with van der Waals surface area (Å²) in [5.74, 6) is -0.411. The summed E-state index contributed by atoms with van der Waals surface area (Å²) in [5, 5.41) is 0. The second-order valence-electron chi connectivity index (χ2n) is 4.11. The van der Waals surface area contributed by atoms with Gasteiger partial charge in [0.05, 0.1) is 27.4 Å². The maximum atomic E-state index is 11.9. The van der Waals surface area contributed by atoms with Gasteiger partial charge in [-0.1, -0.05) is 0 Å². The van der Waals surface area contributed by atoms with Crippen LogP contribution in [0.15, 0.2) is 23.8 Å². The highest BCUT2D eigenvalue weighted by molar-refractivity contribution is 6.17. The van der Waals surface area contributed by atoms with Crippen molar-refractivity contribution in [3.8, 4) is 11.5 Å². The van der Waals surface area contributed by atoms with Gasteiger partial charge in [-0.05, 0) is 32.1 Å². The Labute approximate surface area is 129 Å². The van der Waals surface area contributed by atoms with Gasteiger partial charge in [0, 0.05) is 11.6 Å². The molecule has 0 unspecified atom stereocenters. The minimum atomic E-state index is -0.737. The minimum absolute atomic E-state index is 0.162. The number of hydrogen-bond donors (Lipinski definition) is 0. The van der Waals surface area contributed by atoms with Crippen LogP contribution in [0.5, 0.6) is 11.5 Å². The van der Waals surface area contributed by atoms with E-state index in [0.717, 1.165) is 0 Å². The Morgan fingerprint density at radius 2 is 1.59 bits per heavy atom. The van der Waals surface area contributed by atoms with Crippen molar-refractivity contribution < 1.29 is 28.5 Å². The number of hydrogen-bond acceptors (Lipinski definition) is 6. The van der Waals surface area contributed by atoms with E-state index in [0.29, 0.717) is 17.1 Å². The second kappa shape index (κ2) is 8.71. The third-order valence-electron chi connectivity index (χ3n) is 2.73. The molecule has 0 aliphatic carbocycles. The van der Waals surface area contributed by atoms with Crippen LogP contribution in [-0.4, -0.2) is 39.4 Å². The summed E-state index contributed by atoms with van der Waals surface area (Å²) >= 11 is 0. The van der Waals surface area contributed by atoms with Crippen molar-refractivity contribution in [3.63, 3.8) is 0 Å². The lowest BCUT2D eigenvalue weighted by atomic mass is 10.1. The molecule has 0 bridgehead atoms. The Kier molecular flexibility index (Phi) is 6.95. The van der Waals surface area contributed by atoms with Gasteiger partial charge in [-0.15, -0.1) is 0 Å². The molecule has 0 aromatic heterocycles. The fourth-order valence-electron chi connectivity index (χ4n) is 1.71. The van der Waals surface area contributed by atoms with Gasteiger partial charge in [0.15, 0.2) is 0 Å². The Bertz CT molecular complexity index is 542. The first kappa shape index (κ1) is 17.6. The van der Waals surface area contributed by atoms with Gasteiger partial charge in [0.25, 0.3) is 0 Å². The molecule has 0 aliphatic heterocycles. The number of ether oxygens (including phenoxy) is 4. The molecule has 0 amide bonds. The van der Waals surface area contributed by atoms with E-state index in [1.54, 1.807) is 32.0 Å². The van der Waals surface area contributed by atoms with E-state index in [4.69, 9.17) is 18.9 Å². The molecule has 1 aromatic rings. The summed E-state index contributed by atoms with van der Waals surface area (Å²) < 4.78 is 20.1. The van der Waals surface area contributed by atoms with Gasteiger partial charge in [-0.3, -0.25) is 0 Å². The zero-order valence-corrected chi connectivity index (χ0v) is 13.2. The second-order valence-corrected chi connectivity index (χ2v) is 4.11. The summed E-state index contributed by atoms with van der Waals surface area (Å²) in [6, 6.07) is 5.03. The summed E-state index contributed by atoms with van der Waals surface area (Å²) in [6.45, 7) is 3.65. The van der Waals surface area contributed by atoms with Crippen molar-refractivity contribution in [1.29, 1.82) is 0 Å². The van der Waals surface area contributed by atoms with E-state index in [-0.39, 0.29) is 18.8 Å². The number of esters is 2. The predicted octanol–water partition coefficient (Wildman–Crippen LogP) is 2.21. The van der Waals surface area contributed by atoms with Gasteiger partial charge in [0.2, 0.25) is 0 Å². The van der Waals surface area contributed by atoms with Crippen LogP contribution >= 0.6 is 0 Å². The molecule has 0 atom stereocenters. The van der Waals surface area contributed by atoms with Crippen molar-refractivity contribution in [2.24, 2.45) is 0 Å². The fourth-order valence-corrected chi connectivity index (χ4v) is 1.71. The van der Waals surface area contributed by atoms with E-state index in [9.17, 15) is 9.59 Å². The Hall–Kier alpha value is -2.50. The van der Waals surface area contributed by atoms with Crippen molar-refractivity contribution in [1.82, 2.24) is 0 Å². The third kappa shape index (κ3) is 4.51. The topological polar surface area (TPSA) is 71.1 Å². The van der Waals surface area contributed by atoms with E-state index in [2.05, 4.69) is 0 Å². The normalized spacial score (nSPS) is 9.64. The fraction of sp³-hybridized carbons (Fsp3) is 0.375. The molecule has 0 saturated heterocycles. The molecule has 0 N–H and O–H groups in total. The molecule has 0 saturated carbocycles. The van der Waals surface area contributed by atoms with Gasteiger partial charge >= 0.3 is 11.9 Å². The summed E-state index contributed by atoms with van der Waals surface area (Å²) in [6.07, 6.45) is 1.38. The number of rotatable bonds is 7. The van der Waals surface area contributed by atoms with E-state index in [1.807, 2.05) is 0 Å². The summed E-state index contributed by atoms with van der Waals surface area (Å²) in [7, 11) is 3.02. The largest absolute Gasteiger partial charge is 0.497 e. The number of benzene rings is 1. The average molecular weight is 308 g/mol. The van der Waals surface area contributed by atoms with E-state index in [1.165, 1.54) is 20.3 Å². The molecule has 0 aliphatic rings. The van der Waals surface area contributed by atoms with E-state index >= 15 is 0 Å². The minimum Gasteiger partial charge on any atom is -0.497 e. The summed E-state index contributed by atoms with van der Waals surface area (Å²) in [5.41, 5.74) is 0.353. The van der Waals surface area contributed by atoms with Crippen LogP contribution < -0.4 is 9.47 Å². The van der Waals surface area contributed by atoms with Crippen LogP contribution in [0.3, 0.4) is 0 Å². The predicted molar refractivity (Wildman–Crippen MR) is 80.8 cm³/mol. The molecule has 6 nitrogen and oxygen atoms in total. The molecule has 0 radical (unpaired) electrons. The zero-order valence-electron chi connectivity index (χ0n) is 13.2. The SMILES string of the molecule is CCOC(=O)C(=Cc1ccc(OC)cc1OC)C(=O)OCC. The number of methoxy groups -OCH3 is 2. The van der Waals surface area contributed by atoms with Crippen LogP contribution in [0.4, 0.5) is 0 Å². The molecule has 1 rings (SSSR count). The standard InChI is InChI=1S/C16H20O6/c1-5-21-15(17)13(16(18)22-6-2)9-11-7-8-12(19-3)10-14(11)20-4/h7-10H,5-6H2,1-4H3. The molecule has 0 heterocycles. The van der Waals surface area contributed by atoms with Crippen LogP contribution in [0.2, 0.25) is 0 Å². The molecular formula is C16H20O6. The van der Waals surface area contributed by atoms with Gasteiger partial charge in [0.1, 0.15) is 17.1 Å². The van der Waals surface area contributed by atoms with Crippen molar-refractivity contribution in [2.45, 2.75) is 13.8 Å². The molecule has 22 heavy (non-hydrogen) atoms. The Morgan fingerprint density at radius 3 is 2.05 bits per heavy atom. The van der Waals surface area contributed by atoms with Crippen LogP contribution in [-0.2, 0) is 19.1 Å². The van der Waals surface area contributed by atoms with Crippen LogP contribution in [0.1, 0.15) is 19.4 Å². The quantitative estimate of drug-likeness (QED) is 0.333. The highest BCUT2D eigenvalue weighted by atomic mass is 16.6. The van der Waals surface area contributed by atoms with Gasteiger partial charge in [-0.2, -0.15) is 0 Å². The average Bonchev–Trinajstić information content (AvgIpc) is 2.52. The van der Waals surface area contributed by atoms with E-state index < -0.39 is 11.9 Å². The highest BCUT2D eigenvalue weighted by Gasteiger charge is 2.21. The number of carbonyl (C=O) groups excluding carboxylic acids is 2. The molecule has 0 spiro atoms. The molecule has 120 valence electrons. The maximum Gasteiger partial charge on any atom is 0.345 e. The van der Waals surface area contributed by atoms with Gasteiger partial charge < -0.3 is 18.9 Å². The Balaban J connectivity index is 3.25. The van der Waals surface area contributed by atoms with Gasteiger partial charge in [-0.25, -0.2) is 9.59 Å². The zero-order chi connectivity index (χ0) is 16.5. The van der Waals surface area contributed by atoms with Crippen LogP contribution in [0.25, 0.3) is 6.08 Å². The van der Waals surface area contributed by atoms with Crippen LogP contribution in [0, 0.1) is 0 Å². The summed E-state index contributed by atoms with van der Waals surface area (Å²) in [4.78, 5) is 23.9. The first-order chi connectivity index (χ1) is 10.6. The molecule has 1 aromatic carbocycles. The molecule has 0 fully saturated rings. The molecular weight excluding hydrogens is 288 g/mol.